The lowest BCUT2D eigenvalue weighted by Gasteiger charge is -2.32. The van der Waals surface area contributed by atoms with Crippen LogP contribution in [-0.2, 0) is 4.79 Å². The molecule has 3 amide bonds. The first kappa shape index (κ1) is 21.5. The van der Waals surface area contributed by atoms with Crippen molar-refractivity contribution in [3.8, 4) is 11.5 Å². The number of rotatable bonds is 7. The van der Waals surface area contributed by atoms with Gasteiger partial charge in [-0.1, -0.05) is 30.3 Å². The van der Waals surface area contributed by atoms with E-state index in [1.165, 1.54) is 0 Å². The Labute approximate surface area is 177 Å². The molecule has 0 bridgehead atoms. The van der Waals surface area contributed by atoms with Crippen molar-refractivity contribution in [2.45, 2.75) is 25.9 Å². The van der Waals surface area contributed by atoms with E-state index in [-0.39, 0.29) is 11.9 Å². The largest absolute Gasteiger partial charge is 0.495 e. The van der Waals surface area contributed by atoms with Gasteiger partial charge in [0.1, 0.15) is 11.5 Å². The molecule has 1 unspecified atom stereocenters. The zero-order chi connectivity index (χ0) is 21.3. The van der Waals surface area contributed by atoms with Crippen LogP contribution in [-0.4, -0.2) is 49.7 Å². The van der Waals surface area contributed by atoms with Gasteiger partial charge in [0.15, 0.2) is 6.10 Å². The molecule has 0 spiro atoms. The number of amides is 3. The summed E-state index contributed by atoms with van der Waals surface area (Å²) in [5, 5.41) is 5.88. The summed E-state index contributed by atoms with van der Waals surface area (Å²) < 4.78 is 10.9. The minimum absolute atomic E-state index is 0.129. The molecule has 0 saturated carbocycles. The maximum atomic E-state index is 12.5. The fourth-order valence-corrected chi connectivity index (χ4v) is 3.43. The number of hydrogen-bond acceptors (Lipinski definition) is 4. The van der Waals surface area contributed by atoms with E-state index in [0.717, 1.165) is 12.8 Å². The van der Waals surface area contributed by atoms with E-state index in [9.17, 15) is 9.59 Å². The summed E-state index contributed by atoms with van der Waals surface area (Å²) in [6.07, 6.45) is 1.13. The fourth-order valence-electron chi connectivity index (χ4n) is 3.43. The van der Waals surface area contributed by atoms with Crippen molar-refractivity contribution in [2.75, 3.05) is 32.1 Å². The van der Waals surface area contributed by atoms with Crippen LogP contribution < -0.4 is 20.1 Å². The van der Waals surface area contributed by atoms with Crippen molar-refractivity contribution >= 4 is 17.6 Å². The van der Waals surface area contributed by atoms with Crippen molar-refractivity contribution in [2.24, 2.45) is 5.92 Å². The monoisotopic (exact) mass is 411 g/mol. The molecule has 1 aliphatic heterocycles. The highest BCUT2D eigenvalue weighted by Crippen LogP contribution is 2.24. The molecule has 3 rings (SSSR count). The van der Waals surface area contributed by atoms with Gasteiger partial charge < -0.3 is 25.0 Å². The van der Waals surface area contributed by atoms with E-state index in [0.29, 0.717) is 42.7 Å². The van der Waals surface area contributed by atoms with E-state index in [1.54, 1.807) is 18.9 Å². The molecule has 1 heterocycles. The van der Waals surface area contributed by atoms with Gasteiger partial charge in [0.2, 0.25) is 0 Å². The Kier molecular flexibility index (Phi) is 7.54. The first-order chi connectivity index (χ1) is 14.6. The molecule has 2 aromatic rings. The van der Waals surface area contributed by atoms with Gasteiger partial charge in [0.05, 0.1) is 12.8 Å². The van der Waals surface area contributed by atoms with Crippen molar-refractivity contribution in [1.29, 1.82) is 0 Å². The molecule has 0 aliphatic carbocycles. The highest BCUT2D eigenvalue weighted by Gasteiger charge is 2.24. The molecular formula is C23H29N3O4. The summed E-state index contributed by atoms with van der Waals surface area (Å²) in [7, 11) is 1.58. The Hall–Kier alpha value is -3.22. The first-order valence-corrected chi connectivity index (χ1v) is 10.2. The number of carbonyl (C=O) groups is 2. The fraction of sp³-hybridized carbons (Fsp3) is 0.391. The van der Waals surface area contributed by atoms with Gasteiger partial charge >= 0.3 is 6.03 Å². The van der Waals surface area contributed by atoms with Gasteiger partial charge in [-0.25, -0.2) is 4.79 Å². The average molecular weight is 412 g/mol. The molecule has 30 heavy (non-hydrogen) atoms. The second kappa shape index (κ2) is 10.5. The molecule has 0 radical (unpaired) electrons. The Balaban J connectivity index is 1.40. The van der Waals surface area contributed by atoms with Crippen LogP contribution >= 0.6 is 0 Å². The van der Waals surface area contributed by atoms with Crippen molar-refractivity contribution in [3.63, 3.8) is 0 Å². The predicted molar refractivity (Wildman–Crippen MR) is 116 cm³/mol. The van der Waals surface area contributed by atoms with Gasteiger partial charge in [0.25, 0.3) is 5.91 Å². The van der Waals surface area contributed by atoms with Gasteiger partial charge in [-0.15, -0.1) is 0 Å². The highest BCUT2D eigenvalue weighted by atomic mass is 16.5. The minimum Gasteiger partial charge on any atom is -0.495 e. The third kappa shape index (κ3) is 5.89. The summed E-state index contributed by atoms with van der Waals surface area (Å²) in [5.41, 5.74) is 0.659. The molecule has 1 aliphatic rings. The van der Waals surface area contributed by atoms with Crippen LogP contribution in [0.2, 0.25) is 0 Å². The maximum Gasteiger partial charge on any atom is 0.321 e. The Morgan fingerprint density at radius 1 is 1.07 bits per heavy atom. The number of hydrogen-bond donors (Lipinski definition) is 2. The summed E-state index contributed by atoms with van der Waals surface area (Å²) in [4.78, 5) is 26.6. The zero-order valence-corrected chi connectivity index (χ0v) is 17.5. The zero-order valence-electron chi connectivity index (χ0n) is 17.5. The first-order valence-electron chi connectivity index (χ1n) is 10.2. The normalized spacial score (nSPS) is 15.2. The van der Waals surface area contributed by atoms with Gasteiger partial charge in [0, 0.05) is 19.6 Å². The van der Waals surface area contributed by atoms with Crippen LogP contribution in [0, 0.1) is 5.92 Å². The van der Waals surface area contributed by atoms with Crippen LogP contribution in [0.15, 0.2) is 54.6 Å². The number of nitrogens with one attached hydrogen (secondary N) is 2. The second-order valence-electron chi connectivity index (χ2n) is 7.38. The van der Waals surface area contributed by atoms with Crippen molar-refractivity contribution < 1.29 is 19.1 Å². The Morgan fingerprint density at radius 3 is 2.43 bits per heavy atom. The SMILES string of the molecule is COc1ccccc1NC(=O)N1CCC(CNC(=O)C(C)Oc2ccccc2)CC1. The number of nitrogens with zero attached hydrogens (tertiary/aromatic N) is 1. The van der Waals surface area contributed by atoms with Gasteiger partial charge in [-0.3, -0.25) is 4.79 Å². The summed E-state index contributed by atoms with van der Waals surface area (Å²) in [6.45, 7) is 3.63. The summed E-state index contributed by atoms with van der Waals surface area (Å²) >= 11 is 0. The molecule has 2 aromatic carbocycles. The topological polar surface area (TPSA) is 79.9 Å². The summed E-state index contributed by atoms with van der Waals surface area (Å²) in [5.74, 6) is 1.52. The van der Waals surface area contributed by atoms with Gasteiger partial charge in [-0.05, 0) is 49.9 Å². The molecule has 1 saturated heterocycles. The number of anilines is 1. The van der Waals surface area contributed by atoms with Crippen molar-refractivity contribution in [1.82, 2.24) is 10.2 Å². The average Bonchev–Trinajstić information content (AvgIpc) is 2.78. The molecule has 7 nitrogen and oxygen atoms in total. The number of carbonyl (C=O) groups excluding carboxylic acids is 2. The van der Waals surface area contributed by atoms with Crippen LogP contribution in [0.25, 0.3) is 0 Å². The molecule has 7 heteroatoms. The smallest absolute Gasteiger partial charge is 0.321 e. The predicted octanol–water partition coefficient (Wildman–Crippen LogP) is 3.52. The number of piperidine rings is 1. The van der Waals surface area contributed by atoms with Crippen LogP contribution in [0.1, 0.15) is 19.8 Å². The molecule has 0 aromatic heterocycles. The van der Waals surface area contributed by atoms with Crippen LogP contribution in [0.5, 0.6) is 11.5 Å². The highest BCUT2D eigenvalue weighted by molar-refractivity contribution is 5.91. The van der Waals surface area contributed by atoms with E-state index >= 15 is 0 Å². The van der Waals surface area contributed by atoms with Gasteiger partial charge in [-0.2, -0.15) is 0 Å². The Morgan fingerprint density at radius 2 is 1.73 bits per heavy atom. The third-order valence-corrected chi connectivity index (χ3v) is 5.24. The minimum atomic E-state index is -0.556. The number of methoxy groups -OCH3 is 1. The maximum absolute atomic E-state index is 12.5. The van der Waals surface area contributed by atoms with E-state index in [1.807, 2.05) is 54.6 Å². The molecule has 1 fully saturated rings. The van der Waals surface area contributed by atoms with Crippen LogP contribution in [0.3, 0.4) is 0 Å². The van der Waals surface area contributed by atoms with E-state index in [2.05, 4.69) is 10.6 Å². The lowest BCUT2D eigenvalue weighted by molar-refractivity contribution is -0.127. The van der Waals surface area contributed by atoms with E-state index < -0.39 is 6.10 Å². The van der Waals surface area contributed by atoms with Crippen molar-refractivity contribution in [3.05, 3.63) is 54.6 Å². The lowest BCUT2D eigenvalue weighted by atomic mass is 9.97. The molecular weight excluding hydrogens is 382 g/mol. The number of benzene rings is 2. The van der Waals surface area contributed by atoms with Crippen LogP contribution in [0.4, 0.5) is 10.5 Å². The third-order valence-electron chi connectivity index (χ3n) is 5.24. The Bertz CT molecular complexity index is 835. The lowest BCUT2D eigenvalue weighted by Crippen LogP contribution is -2.44. The van der Waals surface area contributed by atoms with E-state index in [4.69, 9.17) is 9.47 Å². The molecule has 2 N–H and O–H groups in total. The number of para-hydroxylation sites is 3. The second-order valence-corrected chi connectivity index (χ2v) is 7.38. The standard InChI is InChI=1S/C23H29N3O4/c1-17(30-19-8-4-3-5-9-19)22(27)24-16-18-12-14-26(15-13-18)23(28)25-20-10-6-7-11-21(20)29-2/h3-11,17-18H,12-16H2,1-2H3,(H,24,27)(H,25,28). The quantitative estimate of drug-likeness (QED) is 0.731. The molecule has 1 atom stereocenters. The number of urea groups is 1. The molecule has 160 valence electrons. The number of ether oxygens (including phenoxy) is 2. The number of likely N-dealkylation sites (tertiary alicyclic amines) is 1. The summed E-state index contributed by atoms with van der Waals surface area (Å²) in [6, 6.07) is 16.5.